The zero-order chi connectivity index (χ0) is 34.5. The van der Waals surface area contributed by atoms with Gasteiger partial charge in [-0.15, -0.1) is 0 Å². The Labute approximate surface area is 296 Å². The second-order valence-corrected chi connectivity index (χ2v) is 15.6. The molecule has 4 rings (SSSR count). The van der Waals surface area contributed by atoms with Crippen molar-refractivity contribution in [3.63, 3.8) is 0 Å². The summed E-state index contributed by atoms with van der Waals surface area (Å²) >= 11 is 25.4. The quantitative estimate of drug-likeness (QED) is 0.168. The number of nitrogens with one attached hydrogen (secondary N) is 1. The number of sulfonamides is 1. The van der Waals surface area contributed by atoms with E-state index in [1.54, 1.807) is 36.4 Å². The number of hydrogen-bond acceptors (Lipinski definition) is 4. The molecule has 1 atom stereocenters. The van der Waals surface area contributed by atoms with E-state index in [9.17, 15) is 18.0 Å². The van der Waals surface area contributed by atoms with Crippen LogP contribution in [0.4, 0.5) is 5.69 Å². The van der Waals surface area contributed by atoms with Gasteiger partial charge in [-0.25, -0.2) is 8.42 Å². The Morgan fingerprint density at radius 1 is 0.787 bits per heavy atom. The topological polar surface area (TPSA) is 86.8 Å². The number of carbonyl (C=O) groups excluding carboxylic acids is 2. The summed E-state index contributed by atoms with van der Waals surface area (Å²) in [6.07, 6.45) is 0.151. The fourth-order valence-corrected chi connectivity index (χ4v) is 7.07. The lowest BCUT2D eigenvalue weighted by molar-refractivity contribution is -0.140. The van der Waals surface area contributed by atoms with Gasteiger partial charge < -0.3 is 10.2 Å². The molecule has 12 heteroatoms. The minimum absolute atomic E-state index is 0.0151. The third-order valence-corrected chi connectivity index (χ3v) is 10.5. The molecular formula is C35H35Cl4N3O4S. The van der Waals surface area contributed by atoms with Crippen LogP contribution in [0.2, 0.25) is 20.1 Å². The second kappa shape index (κ2) is 15.3. The molecule has 248 valence electrons. The zero-order valence-electron chi connectivity index (χ0n) is 26.3. The van der Waals surface area contributed by atoms with Gasteiger partial charge in [-0.1, -0.05) is 107 Å². The molecule has 0 saturated carbocycles. The number of rotatable bonds is 11. The van der Waals surface area contributed by atoms with Crippen LogP contribution in [-0.2, 0) is 32.6 Å². The molecule has 0 bridgehead atoms. The highest BCUT2D eigenvalue weighted by molar-refractivity contribution is 7.92. The molecule has 1 N–H and O–H groups in total. The molecule has 47 heavy (non-hydrogen) atoms. The van der Waals surface area contributed by atoms with E-state index in [2.05, 4.69) is 5.32 Å². The van der Waals surface area contributed by atoms with E-state index >= 15 is 0 Å². The van der Waals surface area contributed by atoms with Gasteiger partial charge in [0.1, 0.15) is 12.6 Å². The van der Waals surface area contributed by atoms with Crippen molar-refractivity contribution >= 4 is 73.9 Å². The molecule has 0 radical (unpaired) electrons. The van der Waals surface area contributed by atoms with Crippen molar-refractivity contribution in [2.75, 3.05) is 10.8 Å². The number of amides is 2. The number of nitrogens with zero attached hydrogens (tertiary/aromatic N) is 2. The molecule has 0 aromatic heterocycles. The van der Waals surface area contributed by atoms with Crippen molar-refractivity contribution in [3.8, 4) is 0 Å². The first-order valence-electron chi connectivity index (χ1n) is 14.7. The smallest absolute Gasteiger partial charge is 0.264 e. The fourth-order valence-electron chi connectivity index (χ4n) is 4.88. The maximum absolute atomic E-state index is 14.6. The van der Waals surface area contributed by atoms with Gasteiger partial charge in [0.2, 0.25) is 11.8 Å². The third-order valence-electron chi connectivity index (χ3n) is 7.19. The Balaban J connectivity index is 1.86. The molecule has 7 nitrogen and oxygen atoms in total. The van der Waals surface area contributed by atoms with E-state index in [4.69, 9.17) is 46.4 Å². The van der Waals surface area contributed by atoms with Gasteiger partial charge in [0.05, 0.1) is 30.7 Å². The molecular weight excluding hydrogens is 700 g/mol. The van der Waals surface area contributed by atoms with E-state index in [-0.39, 0.29) is 38.6 Å². The summed E-state index contributed by atoms with van der Waals surface area (Å²) in [5.41, 5.74) is 1.63. The zero-order valence-corrected chi connectivity index (χ0v) is 30.1. The van der Waals surface area contributed by atoms with E-state index in [1.807, 2.05) is 58.0 Å². The average Bonchev–Trinajstić information content (AvgIpc) is 3.00. The number of halogens is 4. The summed E-state index contributed by atoms with van der Waals surface area (Å²) in [6.45, 7) is 6.59. The Morgan fingerprint density at radius 3 is 2.06 bits per heavy atom. The summed E-state index contributed by atoms with van der Waals surface area (Å²) in [5.74, 6) is -1.07. The Kier molecular flexibility index (Phi) is 11.9. The lowest BCUT2D eigenvalue weighted by Gasteiger charge is -2.35. The van der Waals surface area contributed by atoms with E-state index in [0.717, 1.165) is 15.4 Å². The Morgan fingerprint density at radius 2 is 1.45 bits per heavy atom. The van der Waals surface area contributed by atoms with Crippen LogP contribution in [0.3, 0.4) is 0 Å². The van der Waals surface area contributed by atoms with Gasteiger partial charge in [-0.2, -0.15) is 0 Å². The first kappa shape index (κ1) is 36.6. The van der Waals surface area contributed by atoms with E-state index in [0.29, 0.717) is 10.6 Å². The highest BCUT2D eigenvalue weighted by Crippen LogP contribution is 2.36. The Bertz CT molecular complexity index is 1850. The molecule has 0 aliphatic heterocycles. The SMILES string of the molecule is Cc1ccc(S(=O)(=O)N(CC(=O)N(Cc2ccc(Cl)c(Cl)c2)C(Cc2ccccc2)C(=O)NC(C)(C)C)c2cccc(Cl)c2Cl)cc1. The Hall–Kier alpha value is -3.27. The molecule has 0 spiro atoms. The largest absolute Gasteiger partial charge is 0.350 e. The standard InChI is InChI=1S/C35H35Cl4N3O4S/c1-23-13-16-26(17-14-23)47(45,46)42(30-12-8-11-28(37)33(30)39)22-32(43)41(21-25-15-18-27(36)29(38)19-25)31(34(44)40-35(2,3)4)20-24-9-6-5-7-10-24/h5-19,31H,20-22H2,1-4H3,(H,40,44). The maximum atomic E-state index is 14.6. The van der Waals surface area contributed by atoms with Crippen LogP contribution >= 0.6 is 46.4 Å². The van der Waals surface area contributed by atoms with Gasteiger partial charge >= 0.3 is 0 Å². The van der Waals surface area contributed by atoms with Crippen molar-refractivity contribution < 1.29 is 18.0 Å². The van der Waals surface area contributed by atoms with Crippen LogP contribution in [0.25, 0.3) is 0 Å². The predicted octanol–water partition coefficient (Wildman–Crippen LogP) is 8.36. The van der Waals surface area contributed by atoms with E-state index < -0.39 is 40.0 Å². The lowest BCUT2D eigenvalue weighted by Crippen LogP contribution is -2.56. The molecule has 0 fully saturated rings. The van der Waals surface area contributed by atoms with Gasteiger partial charge in [0, 0.05) is 18.5 Å². The minimum Gasteiger partial charge on any atom is -0.350 e. The summed E-state index contributed by atoms with van der Waals surface area (Å²) < 4.78 is 29.4. The monoisotopic (exact) mass is 733 g/mol. The number of aryl methyl sites for hydroxylation is 1. The average molecular weight is 736 g/mol. The van der Waals surface area contributed by atoms with Crippen LogP contribution in [0.5, 0.6) is 0 Å². The minimum atomic E-state index is -4.35. The highest BCUT2D eigenvalue weighted by atomic mass is 35.5. The normalized spacial score (nSPS) is 12.3. The summed E-state index contributed by atoms with van der Waals surface area (Å²) in [7, 11) is -4.35. The fraction of sp³-hybridized carbons (Fsp3) is 0.257. The second-order valence-electron chi connectivity index (χ2n) is 12.1. The molecule has 0 aliphatic rings. The summed E-state index contributed by atoms with van der Waals surface area (Å²) in [6, 6.07) is 23.9. The number of hydrogen-bond donors (Lipinski definition) is 1. The van der Waals surface area contributed by atoms with Crippen LogP contribution in [0.1, 0.15) is 37.5 Å². The van der Waals surface area contributed by atoms with Crippen LogP contribution in [0, 0.1) is 6.92 Å². The van der Waals surface area contributed by atoms with Crippen molar-refractivity contribution in [1.29, 1.82) is 0 Å². The van der Waals surface area contributed by atoms with Gasteiger partial charge in [-0.05, 0) is 75.2 Å². The van der Waals surface area contributed by atoms with E-state index in [1.165, 1.54) is 29.2 Å². The molecule has 1 unspecified atom stereocenters. The van der Waals surface area contributed by atoms with Gasteiger partial charge in [0.15, 0.2) is 0 Å². The first-order valence-corrected chi connectivity index (χ1v) is 17.6. The molecule has 4 aromatic carbocycles. The van der Waals surface area contributed by atoms with Crippen molar-refractivity contribution in [3.05, 3.63) is 128 Å². The van der Waals surface area contributed by atoms with Gasteiger partial charge in [-0.3, -0.25) is 13.9 Å². The van der Waals surface area contributed by atoms with Crippen molar-refractivity contribution in [2.24, 2.45) is 0 Å². The summed E-state index contributed by atoms with van der Waals surface area (Å²) in [5, 5.41) is 3.66. The summed E-state index contributed by atoms with van der Waals surface area (Å²) in [4.78, 5) is 29.9. The van der Waals surface area contributed by atoms with Crippen LogP contribution in [0.15, 0.2) is 95.9 Å². The number of anilines is 1. The molecule has 4 aromatic rings. The lowest BCUT2D eigenvalue weighted by atomic mass is 10.0. The number of carbonyl (C=O) groups is 2. The number of benzene rings is 4. The van der Waals surface area contributed by atoms with Crippen LogP contribution in [-0.4, -0.2) is 43.3 Å². The molecule has 2 amide bonds. The third kappa shape index (κ3) is 9.42. The molecule has 0 heterocycles. The van der Waals surface area contributed by atoms with Gasteiger partial charge in [0.25, 0.3) is 10.0 Å². The van der Waals surface area contributed by atoms with Crippen LogP contribution < -0.4 is 9.62 Å². The molecule has 0 saturated heterocycles. The predicted molar refractivity (Wildman–Crippen MR) is 191 cm³/mol. The van der Waals surface area contributed by atoms with Crippen molar-refractivity contribution in [1.82, 2.24) is 10.2 Å². The van der Waals surface area contributed by atoms with Crippen molar-refractivity contribution in [2.45, 2.75) is 57.1 Å². The molecule has 0 aliphatic carbocycles. The first-order chi connectivity index (χ1) is 22.1. The highest BCUT2D eigenvalue weighted by Gasteiger charge is 2.36. The maximum Gasteiger partial charge on any atom is 0.264 e.